The first-order valence-electron chi connectivity index (χ1n) is 7.27. The maximum absolute atomic E-state index is 13.3. The van der Waals surface area contributed by atoms with Gasteiger partial charge in [0.2, 0.25) is 0 Å². The zero-order valence-electron chi connectivity index (χ0n) is 12.0. The molecule has 0 aromatic heterocycles. The van der Waals surface area contributed by atoms with Crippen LogP contribution >= 0.6 is 0 Å². The number of rotatable bonds is 4. The summed E-state index contributed by atoms with van der Waals surface area (Å²) in [5, 5.41) is 12.7. The minimum atomic E-state index is -0.343. The average molecular weight is 279 g/mol. The lowest BCUT2D eigenvalue weighted by molar-refractivity contribution is -0.113. The van der Waals surface area contributed by atoms with Crippen LogP contribution in [0, 0.1) is 17.2 Å². The Morgan fingerprint density at radius 3 is 3.00 bits per heavy atom. The standard InChI is InChI=1S/C16H22FNO2/c1-16(2)14(12-5-6-20-15(12)16)18-8-10-3-4-13(17)11(7-10)9-19/h3-4,7,12,14-15,18-19H,5-6,8-9H2,1-2H3. The highest BCUT2D eigenvalue weighted by molar-refractivity contribution is 5.25. The first-order valence-corrected chi connectivity index (χ1v) is 7.27. The number of fused-ring (bicyclic) bond motifs is 1. The van der Waals surface area contributed by atoms with Crippen LogP contribution in [-0.2, 0) is 17.9 Å². The van der Waals surface area contributed by atoms with Gasteiger partial charge in [-0.2, -0.15) is 0 Å². The van der Waals surface area contributed by atoms with Gasteiger partial charge in [-0.25, -0.2) is 4.39 Å². The van der Waals surface area contributed by atoms with E-state index in [4.69, 9.17) is 9.84 Å². The Hall–Kier alpha value is -0.970. The predicted molar refractivity (Wildman–Crippen MR) is 74.6 cm³/mol. The summed E-state index contributed by atoms with van der Waals surface area (Å²) in [5.41, 5.74) is 1.52. The molecule has 3 unspecified atom stereocenters. The molecule has 110 valence electrons. The molecule has 2 aliphatic rings. The smallest absolute Gasteiger partial charge is 0.128 e. The largest absolute Gasteiger partial charge is 0.392 e. The van der Waals surface area contributed by atoms with Crippen molar-refractivity contribution in [3.05, 3.63) is 35.1 Å². The molecule has 1 aliphatic carbocycles. The van der Waals surface area contributed by atoms with E-state index in [0.717, 1.165) is 18.6 Å². The highest BCUT2D eigenvalue weighted by atomic mass is 19.1. The molecule has 1 saturated heterocycles. The van der Waals surface area contributed by atoms with Gasteiger partial charge in [-0.05, 0) is 24.1 Å². The van der Waals surface area contributed by atoms with Crippen molar-refractivity contribution in [1.82, 2.24) is 5.32 Å². The number of nitrogens with one attached hydrogen (secondary N) is 1. The van der Waals surface area contributed by atoms with Crippen LogP contribution in [0.15, 0.2) is 18.2 Å². The Labute approximate surface area is 119 Å². The molecule has 0 amide bonds. The van der Waals surface area contributed by atoms with Gasteiger partial charge in [-0.15, -0.1) is 0 Å². The van der Waals surface area contributed by atoms with Crippen molar-refractivity contribution in [2.24, 2.45) is 11.3 Å². The first kappa shape index (κ1) is 14.0. The van der Waals surface area contributed by atoms with Gasteiger partial charge in [0.25, 0.3) is 0 Å². The SMILES string of the molecule is CC1(C)C(NCc2ccc(F)c(CO)c2)C2CCOC21. The Balaban J connectivity index is 1.65. The molecule has 4 heteroatoms. The quantitative estimate of drug-likeness (QED) is 0.888. The van der Waals surface area contributed by atoms with E-state index in [1.807, 2.05) is 0 Å². The topological polar surface area (TPSA) is 41.5 Å². The summed E-state index contributed by atoms with van der Waals surface area (Å²) in [5.74, 6) is 0.257. The molecule has 2 N–H and O–H groups in total. The van der Waals surface area contributed by atoms with Crippen molar-refractivity contribution < 1.29 is 14.2 Å². The molecule has 1 aromatic rings. The van der Waals surface area contributed by atoms with Crippen molar-refractivity contribution in [3.8, 4) is 0 Å². The number of aliphatic hydroxyl groups is 1. The third kappa shape index (κ3) is 2.16. The van der Waals surface area contributed by atoms with Gasteiger partial charge in [-0.3, -0.25) is 0 Å². The molecule has 1 heterocycles. The fourth-order valence-corrected chi connectivity index (χ4v) is 3.83. The highest BCUT2D eigenvalue weighted by Crippen LogP contribution is 2.52. The monoisotopic (exact) mass is 279 g/mol. The normalized spacial score (nSPS) is 30.9. The lowest BCUT2D eigenvalue weighted by Gasteiger charge is -2.55. The molecular formula is C16H22FNO2. The molecule has 1 aliphatic heterocycles. The van der Waals surface area contributed by atoms with E-state index in [9.17, 15) is 4.39 Å². The van der Waals surface area contributed by atoms with Crippen LogP contribution in [0.1, 0.15) is 31.4 Å². The summed E-state index contributed by atoms with van der Waals surface area (Å²) in [6.07, 6.45) is 1.50. The predicted octanol–water partition coefficient (Wildman–Crippen LogP) is 2.22. The van der Waals surface area contributed by atoms with Crippen molar-refractivity contribution in [3.63, 3.8) is 0 Å². The van der Waals surface area contributed by atoms with Gasteiger partial charge in [0.1, 0.15) is 5.82 Å². The number of hydrogen-bond acceptors (Lipinski definition) is 3. The van der Waals surface area contributed by atoms with Crippen LogP contribution in [0.5, 0.6) is 0 Å². The van der Waals surface area contributed by atoms with E-state index in [-0.39, 0.29) is 17.8 Å². The molecule has 3 nitrogen and oxygen atoms in total. The van der Waals surface area contributed by atoms with Gasteiger partial charge in [-0.1, -0.05) is 19.9 Å². The molecule has 0 bridgehead atoms. The Morgan fingerprint density at radius 2 is 2.25 bits per heavy atom. The van der Waals surface area contributed by atoms with Crippen LogP contribution in [0.25, 0.3) is 0 Å². The van der Waals surface area contributed by atoms with E-state index in [1.165, 1.54) is 6.07 Å². The minimum absolute atomic E-state index is 0.154. The van der Waals surface area contributed by atoms with Crippen molar-refractivity contribution in [1.29, 1.82) is 0 Å². The summed E-state index contributed by atoms with van der Waals surface area (Å²) in [4.78, 5) is 0. The Morgan fingerprint density at radius 1 is 1.45 bits per heavy atom. The second-order valence-electron chi connectivity index (χ2n) is 6.51. The summed E-state index contributed by atoms with van der Waals surface area (Å²) in [6.45, 7) is 5.78. The molecule has 0 spiro atoms. The summed E-state index contributed by atoms with van der Waals surface area (Å²) < 4.78 is 19.1. The van der Waals surface area contributed by atoms with Gasteiger partial charge in [0.05, 0.1) is 12.7 Å². The van der Waals surface area contributed by atoms with Gasteiger partial charge in [0, 0.05) is 36.1 Å². The van der Waals surface area contributed by atoms with Gasteiger partial charge < -0.3 is 15.2 Å². The third-order valence-corrected chi connectivity index (χ3v) is 4.91. The van der Waals surface area contributed by atoms with E-state index in [2.05, 4.69) is 19.2 Å². The number of benzene rings is 1. The zero-order chi connectivity index (χ0) is 14.3. The van der Waals surface area contributed by atoms with Crippen molar-refractivity contribution in [2.75, 3.05) is 6.61 Å². The summed E-state index contributed by atoms with van der Waals surface area (Å²) in [7, 11) is 0. The van der Waals surface area contributed by atoms with E-state index < -0.39 is 0 Å². The van der Waals surface area contributed by atoms with Crippen LogP contribution < -0.4 is 5.32 Å². The molecule has 0 radical (unpaired) electrons. The van der Waals surface area contributed by atoms with E-state index in [0.29, 0.717) is 30.2 Å². The lowest BCUT2D eigenvalue weighted by Crippen LogP contribution is -2.65. The zero-order valence-corrected chi connectivity index (χ0v) is 12.0. The maximum atomic E-state index is 13.3. The van der Waals surface area contributed by atoms with Crippen molar-refractivity contribution >= 4 is 0 Å². The number of halogens is 1. The fourth-order valence-electron chi connectivity index (χ4n) is 3.83. The number of aliphatic hydroxyl groups excluding tert-OH is 1. The van der Waals surface area contributed by atoms with Crippen LogP contribution in [0.4, 0.5) is 4.39 Å². The second-order valence-corrected chi connectivity index (χ2v) is 6.51. The first-order chi connectivity index (χ1) is 9.54. The Bertz CT molecular complexity index is 503. The maximum Gasteiger partial charge on any atom is 0.128 e. The third-order valence-electron chi connectivity index (χ3n) is 4.91. The lowest BCUT2D eigenvalue weighted by atomic mass is 9.57. The molecule has 2 fully saturated rings. The molecule has 3 rings (SSSR count). The molecule has 1 aromatic carbocycles. The van der Waals surface area contributed by atoms with Crippen LogP contribution in [-0.4, -0.2) is 23.9 Å². The summed E-state index contributed by atoms with van der Waals surface area (Å²) in [6, 6.07) is 5.38. The molecule has 3 atom stereocenters. The highest BCUT2D eigenvalue weighted by Gasteiger charge is 2.58. The van der Waals surface area contributed by atoms with Crippen molar-refractivity contribution in [2.45, 2.75) is 45.6 Å². The number of hydrogen-bond donors (Lipinski definition) is 2. The number of ether oxygens (including phenoxy) is 1. The summed E-state index contributed by atoms with van der Waals surface area (Å²) >= 11 is 0. The minimum Gasteiger partial charge on any atom is -0.392 e. The van der Waals surface area contributed by atoms with Gasteiger partial charge in [0.15, 0.2) is 0 Å². The van der Waals surface area contributed by atoms with E-state index in [1.54, 1.807) is 12.1 Å². The molecular weight excluding hydrogens is 257 g/mol. The van der Waals surface area contributed by atoms with Gasteiger partial charge >= 0.3 is 0 Å². The average Bonchev–Trinajstić information content (AvgIpc) is 2.87. The molecule has 20 heavy (non-hydrogen) atoms. The van der Waals surface area contributed by atoms with Crippen LogP contribution in [0.3, 0.4) is 0 Å². The fraction of sp³-hybridized carbons (Fsp3) is 0.625. The van der Waals surface area contributed by atoms with E-state index >= 15 is 0 Å². The van der Waals surface area contributed by atoms with Crippen LogP contribution in [0.2, 0.25) is 0 Å². The Kier molecular flexibility index (Phi) is 3.56. The second kappa shape index (κ2) is 5.10. The molecule has 1 saturated carbocycles.